The molecule has 0 unspecified atom stereocenters. The van der Waals surface area contributed by atoms with Gasteiger partial charge in [0.05, 0.1) is 0 Å². The normalized spacial score (nSPS) is 11.0. The van der Waals surface area contributed by atoms with Crippen molar-refractivity contribution in [2.24, 2.45) is 0 Å². The van der Waals surface area contributed by atoms with Crippen LogP contribution in [0.25, 0.3) is 136 Å². The summed E-state index contributed by atoms with van der Waals surface area (Å²) in [5, 5.41) is 30.4. The lowest BCUT2D eigenvalue weighted by molar-refractivity contribution is 0.483. The second kappa shape index (κ2) is 36.5. The monoisotopic (exact) mass is 1680 g/mol. The zero-order chi connectivity index (χ0) is 83.5. The van der Waals surface area contributed by atoms with Crippen LogP contribution in [0.5, 0.6) is 11.5 Å². The molecule has 0 aliphatic rings. The SMILES string of the molecule is c1ccc(-c2ccc(Nc3ccc4sc5ccccc5c4c3)cc2)cc1.c1ccc(-c2ccccc2Nc2ccc3sc4ccccc4c3c2)cc1.c1ccc(Nc2ccc3oc4ccccc4c3c2)cc1.c1ccc(Nc2ccc3sc4ccc(-c5ccccc5)cc4c3c2)cc1.c1ccc(Oc2cccc(Nc3ccc4sc5ccccc5c4c3)c2)cc1. The molecule has 0 spiro atoms. The Morgan fingerprint density at radius 3 is 0.984 bits per heavy atom. The number of furan rings is 1. The highest BCUT2D eigenvalue weighted by atomic mass is 32.1. The van der Waals surface area contributed by atoms with Crippen LogP contribution < -0.4 is 31.3 Å². The Morgan fingerprint density at radius 1 is 0.168 bits per heavy atom. The van der Waals surface area contributed by atoms with Gasteiger partial charge in [0.1, 0.15) is 22.7 Å². The Kier molecular flexibility index (Phi) is 22.9. The van der Waals surface area contributed by atoms with Crippen LogP contribution >= 0.6 is 45.3 Å². The van der Waals surface area contributed by atoms with Crippen molar-refractivity contribution in [3.8, 4) is 44.9 Å². The highest BCUT2D eigenvalue weighted by Gasteiger charge is 2.15. The minimum Gasteiger partial charge on any atom is -0.457 e. The van der Waals surface area contributed by atoms with E-state index in [-0.39, 0.29) is 0 Å². The summed E-state index contributed by atoms with van der Waals surface area (Å²) in [6.45, 7) is 0. The zero-order valence-electron chi connectivity index (χ0n) is 67.8. The molecule has 0 saturated heterocycles. The first-order chi connectivity index (χ1) is 61.9. The summed E-state index contributed by atoms with van der Waals surface area (Å²) in [5.41, 5.74) is 20.2. The molecule has 125 heavy (non-hydrogen) atoms. The Hall–Kier alpha value is -15.3. The van der Waals surface area contributed by atoms with Crippen LogP contribution in [0.4, 0.5) is 56.9 Å². The van der Waals surface area contributed by atoms with Crippen molar-refractivity contribution < 1.29 is 9.15 Å². The minimum absolute atomic E-state index is 0.813. The van der Waals surface area contributed by atoms with E-state index in [1.165, 1.54) is 114 Å². The number of thiophene rings is 4. The average Bonchev–Trinajstić information content (AvgIpc) is 1.64. The molecule has 19 aromatic carbocycles. The highest BCUT2D eigenvalue weighted by Crippen LogP contribution is 2.43. The number of para-hydroxylation sites is 5. The largest absolute Gasteiger partial charge is 0.457 e. The molecule has 7 nitrogen and oxygen atoms in total. The number of anilines is 10. The quantitative estimate of drug-likeness (QED) is 0.0700. The second-order valence-corrected chi connectivity index (χ2v) is 34.6. The molecule has 598 valence electrons. The third-order valence-electron chi connectivity index (χ3n) is 21.9. The van der Waals surface area contributed by atoms with E-state index in [2.05, 4.69) is 360 Å². The van der Waals surface area contributed by atoms with E-state index < -0.39 is 0 Å². The maximum Gasteiger partial charge on any atom is 0.135 e. The van der Waals surface area contributed by atoms with Crippen molar-refractivity contribution in [3.05, 3.63) is 461 Å². The molecule has 0 aliphatic carbocycles. The Morgan fingerprint density at radius 2 is 0.472 bits per heavy atom. The van der Waals surface area contributed by atoms with Gasteiger partial charge in [-0.1, -0.05) is 261 Å². The van der Waals surface area contributed by atoms with Crippen molar-refractivity contribution in [2.45, 2.75) is 0 Å². The fourth-order valence-corrected chi connectivity index (χ4v) is 20.2. The van der Waals surface area contributed by atoms with Gasteiger partial charge >= 0.3 is 0 Å². The molecule has 0 bridgehead atoms. The lowest BCUT2D eigenvalue weighted by Gasteiger charge is -2.12. The van der Waals surface area contributed by atoms with Crippen LogP contribution in [-0.2, 0) is 0 Å². The van der Waals surface area contributed by atoms with Crippen LogP contribution in [-0.4, -0.2) is 0 Å². The summed E-state index contributed by atoms with van der Waals surface area (Å²) in [5.74, 6) is 1.65. The van der Waals surface area contributed by atoms with Crippen LogP contribution in [0.2, 0.25) is 0 Å². The van der Waals surface area contributed by atoms with E-state index in [4.69, 9.17) is 9.15 Å². The van der Waals surface area contributed by atoms with Gasteiger partial charge in [0.25, 0.3) is 0 Å². The molecule has 5 N–H and O–H groups in total. The molecular weight excluding hydrogens is 1600 g/mol. The van der Waals surface area contributed by atoms with Gasteiger partial charge in [-0.05, 0) is 222 Å². The van der Waals surface area contributed by atoms with Gasteiger partial charge in [-0.2, -0.15) is 0 Å². The van der Waals surface area contributed by atoms with Crippen LogP contribution in [0.3, 0.4) is 0 Å². The summed E-state index contributed by atoms with van der Waals surface area (Å²) in [4.78, 5) is 0. The Bertz CT molecular complexity index is 7850. The second-order valence-electron chi connectivity index (χ2n) is 30.3. The Labute approximate surface area is 740 Å². The van der Waals surface area contributed by atoms with Gasteiger partial charge in [-0.15, -0.1) is 45.3 Å². The van der Waals surface area contributed by atoms with Gasteiger partial charge < -0.3 is 35.7 Å². The number of fused-ring (bicyclic) bond motifs is 15. The number of benzene rings is 19. The first-order valence-electron chi connectivity index (χ1n) is 41.6. The zero-order valence-corrected chi connectivity index (χ0v) is 71.1. The molecule has 24 rings (SSSR count). The number of rotatable bonds is 15. The summed E-state index contributed by atoms with van der Waals surface area (Å²) in [6.07, 6.45) is 0. The average molecular weight is 1680 g/mol. The molecule has 5 aromatic heterocycles. The number of nitrogens with one attached hydrogen (secondary N) is 5. The predicted octanol–water partition coefficient (Wildman–Crippen LogP) is 35.3. The van der Waals surface area contributed by atoms with E-state index in [1.54, 1.807) is 0 Å². The minimum atomic E-state index is 0.813. The van der Waals surface area contributed by atoms with Crippen LogP contribution in [0.1, 0.15) is 0 Å². The van der Waals surface area contributed by atoms with Crippen molar-refractivity contribution in [2.75, 3.05) is 26.6 Å². The van der Waals surface area contributed by atoms with Gasteiger partial charge in [0, 0.05) is 160 Å². The number of hydrogen-bond acceptors (Lipinski definition) is 11. The molecule has 0 atom stereocenters. The summed E-state index contributed by atoms with van der Waals surface area (Å²) >= 11 is 7.38. The molecule has 0 aliphatic heterocycles. The van der Waals surface area contributed by atoms with Crippen molar-refractivity contribution in [1.29, 1.82) is 0 Å². The van der Waals surface area contributed by atoms with E-state index >= 15 is 0 Å². The molecule has 0 amide bonds. The Balaban J connectivity index is 0.0000000990. The predicted molar refractivity (Wildman–Crippen MR) is 542 cm³/mol. The fourth-order valence-electron chi connectivity index (χ4n) is 15.8. The first kappa shape index (κ1) is 78.2. The van der Waals surface area contributed by atoms with Crippen LogP contribution in [0.15, 0.2) is 465 Å². The van der Waals surface area contributed by atoms with Crippen molar-refractivity contribution in [1.82, 2.24) is 0 Å². The molecule has 0 radical (unpaired) electrons. The fraction of sp³-hybridized carbons (Fsp3) is 0. The molecule has 0 saturated carbocycles. The third-order valence-corrected chi connectivity index (χ3v) is 26.5. The maximum atomic E-state index is 5.93. The van der Waals surface area contributed by atoms with E-state index in [0.29, 0.717) is 0 Å². The van der Waals surface area contributed by atoms with Crippen molar-refractivity contribution in [3.63, 3.8) is 0 Å². The highest BCUT2D eigenvalue weighted by molar-refractivity contribution is 7.27. The van der Waals surface area contributed by atoms with E-state index in [0.717, 1.165) is 90.3 Å². The lowest BCUT2D eigenvalue weighted by atomic mass is 10.0. The van der Waals surface area contributed by atoms with E-state index in [1.807, 2.05) is 173 Å². The number of ether oxygens (including phenoxy) is 1. The van der Waals surface area contributed by atoms with E-state index in [9.17, 15) is 0 Å². The molecule has 0 fully saturated rings. The molecule has 11 heteroatoms. The smallest absolute Gasteiger partial charge is 0.135 e. The lowest BCUT2D eigenvalue weighted by Crippen LogP contribution is -1.93. The summed E-state index contributed by atoms with van der Waals surface area (Å²) in [7, 11) is 0. The van der Waals surface area contributed by atoms with Gasteiger partial charge in [0.15, 0.2) is 0 Å². The first-order valence-corrected chi connectivity index (χ1v) is 44.9. The summed E-state index contributed by atoms with van der Waals surface area (Å²) < 4.78 is 22.4. The third kappa shape index (κ3) is 18.1. The summed E-state index contributed by atoms with van der Waals surface area (Å²) in [6, 6.07) is 160. The van der Waals surface area contributed by atoms with Crippen LogP contribution in [0, 0.1) is 0 Å². The molecule has 5 heterocycles. The van der Waals surface area contributed by atoms with Gasteiger partial charge in [-0.25, -0.2) is 0 Å². The topological polar surface area (TPSA) is 82.5 Å². The molecular formula is C114H81N5O2S4. The molecule has 24 aromatic rings. The van der Waals surface area contributed by atoms with Gasteiger partial charge in [-0.3, -0.25) is 0 Å². The number of hydrogen-bond donors (Lipinski definition) is 5. The van der Waals surface area contributed by atoms with Crippen molar-refractivity contribution >= 4 is 205 Å². The standard InChI is InChI=1S/C24H17NOS.3C24H17NS.C18H13NO/c1-2-8-19(9-3-1)26-20-10-6-7-17(15-20)25-18-13-14-24-22(16-18)21-11-4-5-12-23(21)27-24;1-3-7-17(8-4-1)18-11-13-23-21(15-18)22-16-20(12-14-24(22)26-23)25-19-9-5-2-6-10-19;1-2-8-17(9-3-1)19-10-4-6-12-22(19)25-18-14-15-24-21(16-18)20-11-5-7-13-23(20)26-24;1-2-6-17(7-3-1)18-10-12-19(13-11-18)25-20-14-15-24-22(16-20)21-8-4-5-9-23(21)26-24;1-2-6-13(7-3-1)19-14-10-11-18-16(12-14)15-8-4-5-9-17(15)20-18/h1-16,25H;3*1-16,25H;1-12,19H. The van der Waals surface area contributed by atoms with Gasteiger partial charge in [0.2, 0.25) is 0 Å². The maximum absolute atomic E-state index is 5.93.